The lowest BCUT2D eigenvalue weighted by Crippen LogP contribution is -2.20. The zero-order valence-corrected chi connectivity index (χ0v) is 33.1. The van der Waals surface area contributed by atoms with Crippen LogP contribution in [0.25, 0.3) is 6.08 Å². The highest BCUT2D eigenvalue weighted by Gasteiger charge is 2.25. The number of phenolic OH excluding ortho intramolecular Hbond substituents is 3. The van der Waals surface area contributed by atoms with Crippen LogP contribution in [0, 0.1) is 0 Å². The van der Waals surface area contributed by atoms with Gasteiger partial charge in [-0.05, 0) is 89.5 Å². The monoisotopic (exact) mass is 825 g/mol. The van der Waals surface area contributed by atoms with Gasteiger partial charge in [-0.3, -0.25) is 4.55 Å². The van der Waals surface area contributed by atoms with E-state index in [1.54, 1.807) is 54.7 Å². The Labute approximate surface area is 334 Å². The maximum Gasteiger partial charge on any atom is 0.335 e. The first kappa shape index (κ1) is 43.5. The number of imidazole rings is 1. The SMILES string of the molecule is CCCCc1ncc(/C=C(\Cc2cccs2)C(=O)O)n1Cc1ccc(C(=O)O)cc1.CS(=O)(=O)O.Oc1ccc([C@@H]2CNCCc3c2cc(O)c(O)c3Cl)cc1. The Balaban J connectivity index is 0.000000232. The number of carbonyl (C=O) groups is 2. The molecule has 3 heterocycles. The molecule has 298 valence electrons. The summed E-state index contributed by atoms with van der Waals surface area (Å²) >= 11 is 7.72. The minimum absolute atomic E-state index is 0.00657. The first-order valence-corrected chi connectivity index (χ1v) is 20.6. The van der Waals surface area contributed by atoms with Crippen molar-refractivity contribution < 1.29 is 48.1 Å². The van der Waals surface area contributed by atoms with Crippen LogP contribution in [0.1, 0.15) is 74.7 Å². The maximum atomic E-state index is 11.8. The number of thiophene rings is 1. The van der Waals surface area contributed by atoms with Gasteiger partial charge in [-0.15, -0.1) is 11.3 Å². The number of carboxylic acid groups (broad SMARTS) is 2. The van der Waals surface area contributed by atoms with Gasteiger partial charge in [0, 0.05) is 42.3 Å². The number of aromatic carboxylic acids is 1. The molecular weight excluding hydrogens is 782 g/mol. The van der Waals surface area contributed by atoms with Crippen LogP contribution in [-0.4, -0.2) is 79.3 Å². The Bertz CT molecular complexity index is 2230. The number of aromatic hydroxyl groups is 3. The van der Waals surface area contributed by atoms with E-state index in [0.717, 1.165) is 64.5 Å². The molecule has 7 N–H and O–H groups in total. The number of aromatic nitrogens is 2. The molecule has 0 unspecified atom stereocenters. The van der Waals surface area contributed by atoms with Crippen LogP contribution in [0.2, 0.25) is 5.02 Å². The van der Waals surface area contributed by atoms with Crippen molar-refractivity contribution in [1.82, 2.24) is 14.9 Å². The minimum Gasteiger partial charge on any atom is -0.508 e. The summed E-state index contributed by atoms with van der Waals surface area (Å²) in [6.45, 7) is 4.07. The van der Waals surface area contributed by atoms with Gasteiger partial charge in [0.05, 0.1) is 28.7 Å². The van der Waals surface area contributed by atoms with E-state index in [4.69, 9.17) is 21.3 Å². The highest BCUT2D eigenvalue weighted by Crippen LogP contribution is 2.42. The number of phenols is 3. The Hall–Kier alpha value is -5.19. The predicted octanol–water partition coefficient (Wildman–Crippen LogP) is 6.98. The average molecular weight is 826 g/mol. The van der Waals surface area contributed by atoms with Crippen LogP contribution in [0.15, 0.2) is 83.9 Å². The fourth-order valence-corrected chi connectivity index (χ4v) is 7.02. The quantitative estimate of drug-likeness (QED) is 0.0408. The number of nitrogens with one attached hydrogen (secondary N) is 1. The number of unbranched alkanes of at least 4 members (excludes halogenated alkanes) is 1. The number of nitrogens with zero attached hydrogens (tertiary/aromatic N) is 2. The average Bonchev–Trinajstić information content (AvgIpc) is 3.74. The van der Waals surface area contributed by atoms with Crippen LogP contribution in [0.3, 0.4) is 0 Å². The molecule has 2 aromatic heterocycles. The molecule has 0 saturated heterocycles. The molecule has 0 fully saturated rings. The molecular formula is C40H44ClN3O10S2. The minimum atomic E-state index is -3.67. The lowest BCUT2D eigenvalue weighted by molar-refractivity contribution is -0.132. The van der Waals surface area contributed by atoms with Gasteiger partial charge in [0.25, 0.3) is 10.1 Å². The van der Waals surface area contributed by atoms with E-state index in [1.807, 2.05) is 34.2 Å². The van der Waals surface area contributed by atoms with E-state index in [1.165, 1.54) is 11.3 Å². The molecule has 0 amide bonds. The molecule has 0 spiro atoms. The van der Waals surface area contributed by atoms with Crippen LogP contribution >= 0.6 is 22.9 Å². The maximum absolute atomic E-state index is 11.8. The van der Waals surface area contributed by atoms with Gasteiger partial charge in [0.1, 0.15) is 11.6 Å². The fraction of sp³-hybridized carbons (Fsp3) is 0.275. The molecule has 56 heavy (non-hydrogen) atoms. The highest BCUT2D eigenvalue weighted by atomic mass is 35.5. The lowest BCUT2D eigenvalue weighted by Gasteiger charge is -2.20. The number of hydrogen-bond donors (Lipinski definition) is 7. The van der Waals surface area contributed by atoms with Gasteiger partial charge in [0.2, 0.25) is 0 Å². The van der Waals surface area contributed by atoms with Crippen molar-refractivity contribution in [3.63, 3.8) is 0 Å². The second-order valence-electron chi connectivity index (χ2n) is 13.0. The summed E-state index contributed by atoms with van der Waals surface area (Å²) in [6, 6.07) is 19.1. The Morgan fingerprint density at radius 1 is 1.05 bits per heavy atom. The molecule has 0 bridgehead atoms. The Morgan fingerprint density at radius 2 is 1.73 bits per heavy atom. The molecule has 0 aliphatic carbocycles. The Kier molecular flexibility index (Phi) is 15.6. The standard InChI is InChI=1S/C23H24N2O4S.C16H16ClNO3.CH4O3S/c1-2-3-6-21-24-14-19(12-18(23(28)29)13-20-5-4-11-30-20)25(21)15-16-7-9-17(10-8-16)22(26)27;17-15-11-5-6-18-8-13(9-1-3-10(19)4-2-9)12(11)7-14(20)16(15)21;1-5(2,3)4/h4-5,7-12,14H,2-3,6,13,15H2,1H3,(H,26,27)(H,28,29);1-4,7,13,18-21H,5-6,8H2;1H3,(H,2,3,4)/b18-12+;;/t;13-;/m.0./s1. The number of fused-ring (bicyclic) bond motifs is 1. The number of halogens is 1. The number of aliphatic carboxylic acids is 1. The number of hydrogen-bond acceptors (Lipinski definition) is 10. The second-order valence-corrected chi connectivity index (χ2v) is 15.9. The van der Waals surface area contributed by atoms with E-state index < -0.39 is 22.1 Å². The molecule has 1 aliphatic rings. The third-order valence-electron chi connectivity index (χ3n) is 8.73. The van der Waals surface area contributed by atoms with Crippen molar-refractivity contribution in [3.8, 4) is 17.2 Å². The van der Waals surface area contributed by atoms with E-state index >= 15 is 0 Å². The zero-order chi connectivity index (χ0) is 41.0. The predicted molar refractivity (Wildman–Crippen MR) is 216 cm³/mol. The smallest absolute Gasteiger partial charge is 0.335 e. The fourth-order valence-electron chi connectivity index (χ4n) is 5.99. The van der Waals surface area contributed by atoms with Crippen molar-refractivity contribution in [1.29, 1.82) is 0 Å². The van der Waals surface area contributed by atoms with Gasteiger partial charge in [0.15, 0.2) is 11.5 Å². The molecule has 16 heteroatoms. The van der Waals surface area contributed by atoms with Crippen LogP contribution in [0.4, 0.5) is 0 Å². The van der Waals surface area contributed by atoms with Crippen molar-refractivity contribution in [2.24, 2.45) is 0 Å². The van der Waals surface area contributed by atoms with E-state index in [-0.39, 0.29) is 33.8 Å². The first-order valence-electron chi connectivity index (χ1n) is 17.5. The lowest BCUT2D eigenvalue weighted by atomic mass is 9.87. The second kappa shape index (κ2) is 20.1. The third-order valence-corrected chi connectivity index (χ3v) is 10.0. The normalized spacial score (nSPS) is 14.0. The van der Waals surface area contributed by atoms with Gasteiger partial charge in [-0.1, -0.05) is 55.3 Å². The first-order chi connectivity index (χ1) is 26.5. The summed E-state index contributed by atoms with van der Waals surface area (Å²) < 4.78 is 27.9. The van der Waals surface area contributed by atoms with Crippen LogP contribution < -0.4 is 5.32 Å². The van der Waals surface area contributed by atoms with E-state index in [2.05, 4.69) is 17.2 Å². The molecule has 1 aliphatic heterocycles. The summed E-state index contributed by atoms with van der Waals surface area (Å²) in [5.41, 5.74) is 4.99. The summed E-state index contributed by atoms with van der Waals surface area (Å²) in [6.07, 6.45) is 7.98. The molecule has 0 saturated carbocycles. The summed E-state index contributed by atoms with van der Waals surface area (Å²) in [5, 5.41) is 53.4. The number of benzene rings is 3. The van der Waals surface area contributed by atoms with Gasteiger partial charge in [-0.2, -0.15) is 8.42 Å². The molecule has 1 atom stereocenters. The van der Waals surface area contributed by atoms with Gasteiger partial charge >= 0.3 is 11.9 Å². The number of rotatable bonds is 11. The highest BCUT2D eigenvalue weighted by molar-refractivity contribution is 7.85. The summed E-state index contributed by atoms with van der Waals surface area (Å²) in [5.74, 6) is -1.26. The Morgan fingerprint density at radius 3 is 2.32 bits per heavy atom. The zero-order valence-electron chi connectivity index (χ0n) is 30.7. The molecule has 3 aromatic carbocycles. The van der Waals surface area contributed by atoms with Crippen molar-refractivity contribution >= 4 is 51.1 Å². The number of aryl methyl sites for hydroxylation is 1. The summed E-state index contributed by atoms with van der Waals surface area (Å²) in [7, 11) is -3.67. The topological polar surface area (TPSA) is 220 Å². The molecule has 0 radical (unpaired) electrons. The third kappa shape index (κ3) is 12.7. The van der Waals surface area contributed by atoms with Crippen LogP contribution in [0.5, 0.6) is 17.2 Å². The van der Waals surface area contributed by atoms with Gasteiger partial charge < -0.3 is 35.4 Å². The van der Waals surface area contributed by atoms with E-state index in [0.29, 0.717) is 37.8 Å². The van der Waals surface area contributed by atoms with Crippen LogP contribution in [-0.2, 0) is 40.7 Å². The molecule has 13 nitrogen and oxygen atoms in total. The van der Waals surface area contributed by atoms with E-state index in [9.17, 15) is 38.4 Å². The van der Waals surface area contributed by atoms with Crippen molar-refractivity contribution in [2.45, 2.75) is 51.5 Å². The largest absolute Gasteiger partial charge is 0.508 e. The molecule has 6 rings (SSSR count). The van der Waals surface area contributed by atoms with Crippen molar-refractivity contribution in [3.05, 3.63) is 133 Å². The molecule has 5 aromatic rings. The van der Waals surface area contributed by atoms with Gasteiger partial charge in [-0.25, -0.2) is 14.6 Å². The number of carboxylic acids is 2. The van der Waals surface area contributed by atoms with Crippen molar-refractivity contribution in [2.75, 3.05) is 19.3 Å². The summed E-state index contributed by atoms with van der Waals surface area (Å²) in [4.78, 5) is 28.5.